The van der Waals surface area contributed by atoms with E-state index in [1.807, 2.05) is 0 Å². The van der Waals surface area contributed by atoms with Crippen molar-refractivity contribution >= 4 is 5.69 Å². The zero-order chi connectivity index (χ0) is 11.5. The van der Waals surface area contributed by atoms with Crippen molar-refractivity contribution in [3.8, 4) is 11.6 Å². The van der Waals surface area contributed by atoms with E-state index in [0.29, 0.717) is 29.0 Å². The van der Waals surface area contributed by atoms with Crippen molar-refractivity contribution in [3.63, 3.8) is 0 Å². The van der Waals surface area contributed by atoms with Crippen molar-refractivity contribution in [3.05, 3.63) is 24.2 Å². The molecule has 0 aliphatic carbocycles. The second-order valence-corrected chi connectivity index (χ2v) is 4.05. The molecule has 84 valence electrons. The minimum absolute atomic E-state index is 0.383. The number of hydrogen-bond donors (Lipinski definition) is 1. The second kappa shape index (κ2) is 4.30. The summed E-state index contributed by atoms with van der Waals surface area (Å²) in [7, 11) is 0. The Labute approximate surface area is 93.7 Å². The first kappa shape index (κ1) is 10.6. The topological polar surface area (TPSA) is 77.8 Å². The molecule has 0 unspecified atom stereocenters. The minimum atomic E-state index is 0.383. The van der Waals surface area contributed by atoms with Crippen LogP contribution in [0.15, 0.2) is 22.9 Å². The Morgan fingerprint density at radius 1 is 1.44 bits per heavy atom. The zero-order valence-electron chi connectivity index (χ0n) is 9.34. The molecule has 5 nitrogen and oxygen atoms in total. The number of nitrogen functional groups attached to an aromatic ring is 1. The molecule has 0 spiro atoms. The first-order valence-corrected chi connectivity index (χ1v) is 5.20. The van der Waals surface area contributed by atoms with Gasteiger partial charge >= 0.3 is 0 Å². The Hall–Kier alpha value is -1.91. The third-order valence-corrected chi connectivity index (χ3v) is 2.10. The SMILES string of the molecule is CC(C)Cc1noc(-c2ncccc2N)n1. The Morgan fingerprint density at radius 2 is 2.25 bits per heavy atom. The van der Waals surface area contributed by atoms with Gasteiger partial charge in [0.1, 0.15) is 0 Å². The van der Waals surface area contributed by atoms with E-state index < -0.39 is 0 Å². The molecule has 0 bridgehead atoms. The normalized spacial score (nSPS) is 10.9. The lowest BCUT2D eigenvalue weighted by Gasteiger charge is -1.97. The Bertz CT molecular complexity index is 478. The van der Waals surface area contributed by atoms with Gasteiger partial charge < -0.3 is 10.3 Å². The fraction of sp³-hybridized carbons (Fsp3) is 0.364. The lowest BCUT2D eigenvalue weighted by Crippen LogP contribution is -1.96. The van der Waals surface area contributed by atoms with E-state index >= 15 is 0 Å². The maximum Gasteiger partial charge on any atom is 0.278 e. The van der Waals surface area contributed by atoms with Crippen LogP contribution in [-0.2, 0) is 6.42 Å². The highest BCUT2D eigenvalue weighted by molar-refractivity contribution is 5.65. The van der Waals surface area contributed by atoms with Gasteiger partial charge in [0.05, 0.1) is 5.69 Å². The molecule has 5 heteroatoms. The molecule has 2 aromatic heterocycles. The zero-order valence-corrected chi connectivity index (χ0v) is 9.34. The van der Waals surface area contributed by atoms with Crippen LogP contribution in [0.1, 0.15) is 19.7 Å². The maximum absolute atomic E-state index is 5.77. The van der Waals surface area contributed by atoms with Gasteiger partial charge in [-0.3, -0.25) is 0 Å². The lowest BCUT2D eigenvalue weighted by molar-refractivity contribution is 0.417. The summed E-state index contributed by atoms with van der Waals surface area (Å²) in [6.45, 7) is 4.20. The van der Waals surface area contributed by atoms with E-state index in [1.165, 1.54) is 0 Å². The summed E-state index contributed by atoms with van der Waals surface area (Å²) in [5.41, 5.74) is 6.86. The molecule has 0 amide bonds. The van der Waals surface area contributed by atoms with E-state index in [0.717, 1.165) is 6.42 Å². The summed E-state index contributed by atoms with van der Waals surface area (Å²) in [5, 5.41) is 3.89. The molecule has 0 saturated heterocycles. The largest absolute Gasteiger partial charge is 0.397 e. The summed E-state index contributed by atoms with van der Waals surface area (Å²) >= 11 is 0. The number of hydrogen-bond acceptors (Lipinski definition) is 5. The average molecular weight is 218 g/mol. The number of aromatic nitrogens is 3. The van der Waals surface area contributed by atoms with Gasteiger partial charge in [0.2, 0.25) is 0 Å². The predicted octanol–water partition coefficient (Wildman–Crippen LogP) is 1.91. The summed E-state index contributed by atoms with van der Waals surface area (Å²) < 4.78 is 5.13. The smallest absolute Gasteiger partial charge is 0.278 e. The molecular weight excluding hydrogens is 204 g/mol. The van der Waals surface area contributed by atoms with Crippen LogP contribution in [0.5, 0.6) is 0 Å². The number of nitrogens with two attached hydrogens (primary N) is 1. The molecule has 0 aliphatic rings. The van der Waals surface area contributed by atoms with Gasteiger partial charge in [0.15, 0.2) is 11.5 Å². The van der Waals surface area contributed by atoms with Crippen LogP contribution in [0.4, 0.5) is 5.69 Å². The second-order valence-electron chi connectivity index (χ2n) is 4.05. The first-order chi connectivity index (χ1) is 7.66. The van der Waals surface area contributed by atoms with Crippen LogP contribution in [0.2, 0.25) is 0 Å². The molecular formula is C11H14N4O. The summed E-state index contributed by atoms with van der Waals surface area (Å²) in [5.74, 6) is 1.57. The molecule has 0 saturated carbocycles. The van der Waals surface area contributed by atoms with Gasteiger partial charge in [0, 0.05) is 12.6 Å². The summed E-state index contributed by atoms with van der Waals surface area (Å²) in [4.78, 5) is 8.38. The van der Waals surface area contributed by atoms with E-state index in [2.05, 4.69) is 29.0 Å². The third-order valence-electron chi connectivity index (χ3n) is 2.10. The monoisotopic (exact) mass is 218 g/mol. The number of nitrogens with zero attached hydrogens (tertiary/aromatic N) is 3. The molecule has 2 aromatic rings. The molecule has 0 atom stereocenters. The van der Waals surface area contributed by atoms with Crippen LogP contribution < -0.4 is 5.73 Å². The average Bonchev–Trinajstić information content (AvgIpc) is 2.66. The van der Waals surface area contributed by atoms with E-state index in [1.54, 1.807) is 18.3 Å². The lowest BCUT2D eigenvalue weighted by atomic mass is 10.1. The highest BCUT2D eigenvalue weighted by Gasteiger charge is 2.13. The van der Waals surface area contributed by atoms with Crippen LogP contribution in [-0.4, -0.2) is 15.1 Å². The minimum Gasteiger partial charge on any atom is -0.397 e. The molecule has 0 fully saturated rings. The number of anilines is 1. The van der Waals surface area contributed by atoms with Crippen molar-refractivity contribution in [1.29, 1.82) is 0 Å². The van der Waals surface area contributed by atoms with E-state index in [4.69, 9.17) is 10.3 Å². The van der Waals surface area contributed by atoms with E-state index in [9.17, 15) is 0 Å². The quantitative estimate of drug-likeness (QED) is 0.851. The molecule has 0 radical (unpaired) electrons. The van der Waals surface area contributed by atoms with Crippen LogP contribution >= 0.6 is 0 Å². The van der Waals surface area contributed by atoms with Crippen molar-refractivity contribution in [2.45, 2.75) is 20.3 Å². The van der Waals surface area contributed by atoms with Crippen molar-refractivity contribution in [2.24, 2.45) is 5.92 Å². The maximum atomic E-state index is 5.77. The fourth-order valence-electron chi connectivity index (χ4n) is 1.39. The Kier molecular flexibility index (Phi) is 2.85. The van der Waals surface area contributed by atoms with Gasteiger partial charge in [-0.25, -0.2) is 4.98 Å². The van der Waals surface area contributed by atoms with Gasteiger partial charge in [-0.15, -0.1) is 0 Å². The van der Waals surface area contributed by atoms with Crippen molar-refractivity contribution < 1.29 is 4.52 Å². The van der Waals surface area contributed by atoms with E-state index in [-0.39, 0.29) is 0 Å². The number of rotatable bonds is 3. The first-order valence-electron chi connectivity index (χ1n) is 5.20. The van der Waals surface area contributed by atoms with Crippen LogP contribution in [0, 0.1) is 5.92 Å². The van der Waals surface area contributed by atoms with Crippen LogP contribution in [0.3, 0.4) is 0 Å². The summed E-state index contributed by atoms with van der Waals surface area (Å²) in [6, 6.07) is 3.53. The highest BCUT2D eigenvalue weighted by Crippen LogP contribution is 2.21. The predicted molar refractivity (Wildman–Crippen MR) is 60.5 cm³/mol. The number of pyridine rings is 1. The molecule has 2 rings (SSSR count). The van der Waals surface area contributed by atoms with Gasteiger partial charge in [0.25, 0.3) is 5.89 Å². The Morgan fingerprint density at radius 3 is 2.94 bits per heavy atom. The van der Waals surface area contributed by atoms with Gasteiger partial charge in [-0.2, -0.15) is 4.98 Å². The molecule has 2 heterocycles. The molecule has 2 N–H and O–H groups in total. The molecule has 0 aromatic carbocycles. The van der Waals surface area contributed by atoms with Crippen LogP contribution in [0.25, 0.3) is 11.6 Å². The summed E-state index contributed by atoms with van der Waals surface area (Å²) in [6.07, 6.45) is 2.44. The van der Waals surface area contributed by atoms with Crippen molar-refractivity contribution in [2.75, 3.05) is 5.73 Å². The third kappa shape index (κ3) is 2.18. The van der Waals surface area contributed by atoms with Gasteiger partial charge in [-0.05, 0) is 18.1 Å². The molecule has 0 aliphatic heterocycles. The fourth-order valence-corrected chi connectivity index (χ4v) is 1.39. The standard InChI is InChI=1S/C11H14N4O/c1-7(2)6-9-14-11(16-15-9)10-8(12)4-3-5-13-10/h3-5,7H,6,12H2,1-2H3. The van der Waals surface area contributed by atoms with Gasteiger partial charge in [-0.1, -0.05) is 19.0 Å². The Balaban J connectivity index is 2.28. The molecule has 16 heavy (non-hydrogen) atoms. The highest BCUT2D eigenvalue weighted by atomic mass is 16.5. The van der Waals surface area contributed by atoms with Crippen molar-refractivity contribution in [1.82, 2.24) is 15.1 Å².